The van der Waals surface area contributed by atoms with Crippen LogP contribution < -0.4 is 5.73 Å². The Hall–Kier alpha value is -0.120. The maximum absolute atomic E-state index is 9.09. The van der Waals surface area contributed by atoms with E-state index >= 15 is 0 Å². The van der Waals surface area contributed by atoms with Gasteiger partial charge in [-0.25, -0.2) is 0 Å². The third-order valence-corrected chi connectivity index (χ3v) is 1.29. The average Bonchev–Trinajstić information content (AvgIpc) is 1.59. The Bertz CT molecular complexity index is 86.1. The van der Waals surface area contributed by atoms with Crippen LogP contribution >= 0.6 is 0 Å². The molecule has 0 saturated heterocycles. The lowest BCUT2D eigenvalue weighted by atomic mass is 10.1. The lowest BCUT2D eigenvalue weighted by molar-refractivity contribution is 0.0538. The van der Waals surface area contributed by atoms with E-state index in [1.165, 1.54) is 0 Å². The Morgan fingerprint density at radius 1 is 1.50 bits per heavy atom. The van der Waals surface area contributed by atoms with Crippen LogP contribution in [0.25, 0.3) is 0 Å². The number of nitrogens with two attached hydrogens (primary N) is 1. The second kappa shape index (κ2) is 3.91. The first-order valence-electron chi connectivity index (χ1n) is 3.58. The summed E-state index contributed by atoms with van der Waals surface area (Å²) in [7, 11) is 4.01. The summed E-state index contributed by atoms with van der Waals surface area (Å²) in [5.41, 5.74) is 4.37. The van der Waals surface area contributed by atoms with Gasteiger partial charge in [-0.1, -0.05) is 0 Å². The summed E-state index contributed by atoms with van der Waals surface area (Å²) < 4.78 is 0. The van der Waals surface area contributed by atoms with Crippen LogP contribution in [-0.2, 0) is 0 Å². The fourth-order valence-corrected chi connectivity index (χ4v) is 0.753. The molecule has 3 N–H and O–H groups in total. The highest BCUT2D eigenvalue weighted by atomic mass is 16.3. The zero-order chi connectivity index (χ0) is 8.20. The standard InChI is InChI=1S/C7H18N2O/c1-7(8,10)5-4-6-9(2)3/h10H,4-6,8H2,1-3H3. The Kier molecular flexibility index (Phi) is 3.86. The molecule has 0 bridgehead atoms. The van der Waals surface area contributed by atoms with Crippen molar-refractivity contribution in [2.45, 2.75) is 25.5 Å². The van der Waals surface area contributed by atoms with Crippen molar-refractivity contribution in [3.05, 3.63) is 0 Å². The second-order valence-electron chi connectivity index (χ2n) is 3.26. The first-order chi connectivity index (χ1) is 4.42. The summed E-state index contributed by atoms with van der Waals surface area (Å²) in [6.45, 7) is 2.61. The molecule has 1 atom stereocenters. The molecule has 0 spiro atoms. The quantitative estimate of drug-likeness (QED) is 0.549. The first-order valence-corrected chi connectivity index (χ1v) is 3.58. The Labute approximate surface area is 62.8 Å². The van der Waals surface area contributed by atoms with Crippen LogP contribution in [0.2, 0.25) is 0 Å². The van der Waals surface area contributed by atoms with Crippen molar-refractivity contribution in [2.24, 2.45) is 5.73 Å². The molecular weight excluding hydrogens is 128 g/mol. The van der Waals surface area contributed by atoms with Crippen molar-refractivity contribution >= 4 is 0 Å². The molecule has 0 aliphatic carbocycles. The second-order valence-corrected chi connectivity index (χ2v) is 3.26. The van der Waals surface area contributed by atoms with Crippen molar-refractivity contribution in [3.8, 4) is 0 Å². The highest BCUT2D eigenvalue weighted by Gasteiger charge is 2.11. The van der Waals surface area contributed by atoms with Crippen molar-refractivity contribution in [2.75, 3.05) is 20.6 Å². The van der Waals surface area contributed by atoms with E-state index < -0.39 is 5.72 Å². The number of aliphatic hydroxyl groups is 1. The fourth-order valence-electron chi connectivity index (χ4n) is 0.753. The van der Waals surface area contributed by atoms with Gasteiger partial charge in [-0.3, -0.25) is 0 Å². The first kappa shape index (κ1) is 9.88. The highest BCUT2D eigenvalue weighted by Crippen LogP contribution is 2.03. The maximum Gasteiger partial charge on any atom is 0.110 e. The van der Waals surface area contributed by atoms with E-state index in [0.29, 0.717) is 6.42 Å². The molecule has 0 aromatic heterocycles. The monoisotopic (exact) mass is 146 g/mol. The van der Waals surface area contributed by atoms with Gasteiger partial charge in [0, 0.05) is 0 Å². The van der Waals surface area contributed by atoms with Crippen LogP contribution in [-0.4, -0.2) is 36.4 Å². The van der Waals surface area contributed by atoms with Gasteiger partial charge >= 0.3 is 0 Å². The minimum absolute atomic E-state index is 0.658. The van der Waals surface area contributed by atoms with Crippen molar-refractivity contribution in [3.63, 3.8) is 0 Å². The van der Waals surface area contributed by atoms with Crippen LogP contribution in [0.5, 0.6) is 0 Å². The van der Waals surface area contributed by atoms with E-state index in [1.54, 1.807) is 6.92 Å². The van der Waals surface area contributed by atoms with E-state index in [-0.39, 0.29) is 0 Å². The van der Waals surface area contributed by atoms with Crippen molar-refractivity contribution < 1.29 is 5.11 Å². The number of hydrogen-bond acceptors (Lipinski definition) is 3. The summed E-state index contributed by atoms with van der Waals surface area (Å²) in [6, 6.07) is 0. The number of nitrogens with zero attached hydrogens (tertiary/aromatic N) is 1. The highest BCUT2D eigenvalue weighted by molar-refractivity contribution is 4.62. The molecule has 0 saturated carbocycles. The molecule has 0 rings (SSSR count). The zero-order valence-corrected chi connectivity index (χ0v) is 7.09. The molecule has 3 heteroatoms. The molecule has 62 valence electrons. The number of rotatable bonds is 4. The Morgan fingerprint density at radius 3 is 2.30 bits per heavy atom. The molecule has 0 aromatic rings. The van der Waals surface area contributed by atoms with E-state index in [9.17, 15) is 0 Å². The van der Waals surface area contributed by atoms with Gasteiger partial charge in [-0.15, -0.1) is 0 Å². The minimum Gasteiger partial charge on any atom is -0.376 e. The van der Waals surface area contributed by atoms with Crippen molar-refractivity contribution in [1.82, 2.24) is 4.90 Å². The van der Waals surface area contributed by atoms with Gasteiger partial charge in [0.15, 0.2) is 0 Å². The Morgan fingerprint density at radius 2 is 2.00 bits per heavy atom. The summed E-state index contributed by atoms with van der Waals surface area (Å²) in [5.74, 6) is 0. The predicted molar refractivity (Wildman–Crippen MR) is 42.6 cm³/mol. The van der Waals surface area contributed by atoms with Crippen LogP contribution in [0.4, 0.5) is 0 Å². The van der Waals surface area contributed by atoms with Gasteiger partial charge in [0.2, 0.25) is 0 Å². The molecule has 0 fully saturated rings. The van der Waals surface area contributed by atoms with E-state index in [2.05, 4.69) is 4.90 Å². The Balaban J connectivity index is 3.21. The lowest BCUT2D eigenvalue weighted by Crippen LogP contribution is -2.36. The molecule has 1 unspecified atom stereocenters. The molecule has 0 heterocycles. The third kappa shape index (κ3) is 7.88. The summed E-state index contributed by atoms with van der Waals surface area (Å²) in [5, 5.41) is 9.09. The summed E-state index contributed by atoms with van der Waals surface area (Å²) in [6.07, 6.45) is 1.60. The largest absolute Gasteiger partial charge is 0.376 e. The molecule has 0 aliphatic heterocycles. The number of hydrogen-bond donors (Lipinski definition) is 2. The molecule has 0 radical (unpaired) electrons. The van der Waals surface area contributed by atoms with Gasteiger partial charge in [0.05, 0.1) is 0 Å². The molecule has 0 aromatic carbocycles. The molecule has 0 amide bonds. The topological polar surface area (TPSA) is 49.5 Å². The molecule has 3 nitrogen and oxygen atoms in total. The van der Waals surface area contributed by atoms with Gasteiger partial charge < -0.3 is 15.7 Å². The van der Waals surface area contributed by atoms with Crippen LogP contribution in [0.3, 0.4) is 0 Å². The maximum atomic E-state index is 9.09. The van der Waals surface area contributed by atoms with E-state index in [1.807, 2.05) is 14.1 Å². The molecule has 10 heavy (non-hydrogen) atoms. The van der Waals surface area contributed by atoms with Gasteiger partial charge in [0.1, 0.15) is 5.72 Å². The smallest absolute Gasteiger partial charge is 0.110 e. The third-order valence-electron chi connectivity index (χ3n) is 1.29. The van der Waals surface area contributed by atoms with E-state index in [4.69, 9.17) is 10.8 Å². The normalized spacial score (nSPS) is 17.4. The fraction of sp³-hybridized carbons (Fsp3) is 1.00. The van der Waals surface area contributed by atoms with Gasteiger partial charge in [-0.2, -0.15) is 0 Å². The lowest BCUT2D eigenvalue weighted by Gasteiger charge is -2.18. The summed E-state index contributed by atoms with van der Waals surface area (Å²) >= 11 is 0. The van der Waals surface area contributed by atoms with Crippen LogP contribution in [0.15, 0.2) is 0 Å². The van der Waals surface area contributed by atoms with Crippen LogP contribution in [0.1, 0.15) is 19.8 Å². The van der Waals surface area contributed by atoms with E-state index in [0.717, 1.165) is 13.0 Å². The predicted octanol–water partition coefficient (Wildman–Crippen LogP) is -0.00460. The SMILES string of the molecule is CN(C)CCCC(C)(N)O. The minimum atomic E-state index is -0.990. The molecule has 0 aliphatic rings. The average molecular weight is 146 g/mol. The van der Waals surface area contributed by atoms with Crippen molar-refractivity contribution in [1.29, 1.82) is 0 Å². The van der Waals surface area contributed by atoms with Gasteiger partial charge in [-0.05, 0) is 40.4 Å². The zero-order valence-electron chi connectivity index (χ0n) is 7.09. The summed E-state index contributed by atoms with van der Waals surface area (Å²) in [4.78, 5) is 2.08. The van der Waals surface area contributed by atoms with Gasteiger partial charge in [0.25, 0.3) is 0 Å². The molecular formula is C7H18N2O. The van der Waals surface area contributed by atoms with Crippen LogP contribution in [0, 0.1) is 0 Å².